The second-order valence-electron chi connectivity index (χ2n) is 4.32. The third-order valence-electron chi connectivity index (χ3n) is 2.67. The second-order valence-corrected chi connectivity index (χ2v) is 4.32. The average Bonchev–Trinajstić information content (AvgIpc) is 2.36. The van der Waals surface area contributed by atoms with Crippen molar-refractivity contribution in [2.45, 2.75) is 25.9 Å². The zero-order valence-electron chi connectivity index (χ0n) is 11.3. The van der Waals surface area contributed by atoms with Crippen molar-refractivity contribution in [1.29, 1.82) is 0 Å². The number of nitrogen functional groups attached to an aromatic ring is 1. The van der Waals surface area contributed by atoms with E-state index in [1.54, 1.807) is 31.2 Å². The Hall–Kier alpha value is -2.57. The maximum Gasteiger partial charge on any atom is 0.318 e. The number of esters is 1. The molecule has 7 heteroatoms. The maximum absolute atomic E-state index is 11.9. The molecule has 108 valence electrons. The predicted octanol–water partition coefficient (Wildman–Crippen LogP) is 0.499. The molecular weight excluding hydrogens is 262 g/mol. The molecule has 7 nitrogen and oxygen atoms in total. The molecular formula is C13H17N3O4. The first kappa shape index (κ1) is 15.5. The molecule has 2 unspecified atom stereocenters. The van der Waals surface area contributed by atoms with E-state index in [0.717, 1.165) is 0 Å². The summed E-state index contributed by atoms with van der Waals surface area (Å²) in [6, 6.07) is 5.81. The summed E-state index contributed by atoms with van der Waals surface area (Å²) in [7, 11) is 0. The Kier molecular flexibility index (Phi) is 5.08. The lowest BCUT2D eigenvalue weighted by Crippen LogP contribution is -2.42. The Morgan fingerprint density at radius 2 is 1.90 bits per heavy atom. The van der Waals surface area contributed by atoms with Gasteiger partial charge < -0.3 is 16.2 Å². The molecule has 0 aliphatic rings. The predicted molar refractivity (Wildman–Crippen MR) is 72.5 cm³/mol. The highest BCUT2D eigenvalue weighted by Gasteiger charge is 2.23. The molecule has 0 fully saturated rings. The van der Waals surface area contributed by atoms with Crippen LogP contribution < -0.4 is 16.8 Å². The lowest BCUT2D eigenvalue weighted by molar-refractivity contribution is -0.155. The number of urea groups is 1. The van der Waals surface area contributed by atoms with Crippen molar-refractivity contribution in [3.05, 3.63) is 29.8 Å². The van der Waals surface area contributed by atoms with Gasteiger partial charge in [0.25, 0.3) is 5.91 Å². The third kappa shape index (κ3) is 4.27. The Morgan fingerprint density at radius 1 is 1.25 bits per heavy atom. The number of ether oxygens (including phenoxy) is 1. The molecule has 0 aliphatic carbocycles. The van der Waals surface area contributed by atoms with Crippen LogP contribution in [0, 0.1) is 0 Å². The lowest BCUT2D eigenvalue weighted by Gasteiger charge is -2.16. The zero-order chi connectivity index (χ0) is 15.3. The van der Waals surface area contributed by atoms with Gasteiger partial charge in [-0.1, -0.05) is 12.1 Å². The fraction of sp³-hybridized carbons (Fsp3) is 0.308. The van der Waals surface area contributed by atoms with Crippen molar-refractivity contribution in [3.63, 3.8) is 0 Å². The first-order valence-electron chi connectivity index (χ1n) is 5.97. The topological polar surface area (TPSA) is 125 Å². The Labute approximate surface area is 116 Å². The van der Waals surface area contributed by atoms with Crippen LogP contribution in [0.3, 0.4) is 0 Å². The van der Waals surface area contributed by atoms with Crippen LogP contribution in [-0.4, -0.2) is 24.0 Å². The molecule has 0 aromatic heterocycles. The average molecular weight is 279 g/mol. The van der Waals surface area contributed by atoms with Crippen LogP contribution in [0.4, 0.5) is 10.5 Å². The number of carbonyl (C=O) groups excluding carboxylic acids is 3. The van der Waals surface area contributed by atoms with Gasteiger partial charge in [0, 0.05) is 5.69 Å². The Bertz CT molecular complexity index is 530. The van der Waals surface area contributed by atoms with E-state index < -0.39 is 29.9 Å². The summed E-state index contributed by atoms with van der Waals surface area (Å²) < 4.78 is 4.97. The molecule has 0 bridgehead atoms. The van der Waals surface area contributed by atoms with E-state index in [9.17, 15) is 14.4 Å². The van der Waals surface area contributed by atoms with Gasteiger partial charge in [-0.05, 0) is 31.5 Å². The van der Waals surface area contributed by atoms with E-state index in [1.165, 1.54) is 6.92 Å². The number of carbonyl (C=O) groups is 3. The van der Waals surface area contributed by atoms with E-state index in [-0.39, 0.29) is 0 Å². The summed E-state index contributed by atoms with van der Waals surface area (Å²) in [4.78, 5) is 33.8. The number of benzene rings is 1. The normalized spacial score (nSPS) is 13.1. The smallest absolute Gasteiger partial charge is 0.318 e. The van der Waals surface area contributed by atoms with E-state index >= 15 is 0 Å². The lowest BCUT2D eigenvalue weighted by atomic mass is 10.0. The van der Waals surface area contributed by atoms with Crippen LogP contribution >= 0.6 is 0 Å². The Morgan fingerprint density at radius 3 is 2.45 bits per heavy atom. The van der Waals surface area contributed by atoms with E-state index in [1.807, 2.05) is 5.32 Å². The van der Waals surface area contributed by atoms with Crippen LogP contribution in [0.25, 0.3) is 0 Å². The van der Waals surface area contributed by atoms with Gasteiger partial charge in [0.05, 0.1) is 5.92 Å². The molecule has 1 aromatic rings. The van der Waals surface area contributed by atoms with Crippen molar-refractivity contribution in [2.24, 2.45) is 5.73 Å². The third-order valence-corrected chi connectivity index (χ3v) is 2.67. The highest BCUT2D eigenvalue weighted by molar-refractivity contribution is 5.96. The monoisotopic (exact) mass is 279 g/mol. The zero-order valence-corrected chi connectivity index (χ0v) is 11.3. The molecule has 2 atom stereocenters. The quantitative estimate of drug-likeness (QED) is 0.546. The number of hydrogen-bond donors (Lipinski definition) is 3. The fourth-order valence-corrected chi connectivity index (χ4v) is 1.52. The number of primary amides is 1. The van der Waals surface area contributed by atoms with Crippen molar-refractivity contribution in [1.82, 2.24) is 5.32 Å². The number of hydrogen-bond acceptors (Lipinski definition) is 5. The fourth-order valence-electron chi connectivity index (χ4n) is 1.52. The minimum absolute atomic E-state index is 0.529. The molecule has 0 aliphatic heterocycles. The molecule has 5 N–H and O–H groups in total. The van der Waals surface area contributed by atoms with Gasteiger partial charge in [-0.3, -0.25) is 14.9 Å². The molecule has 0 saturated heterocycles. The summed E-state index contributed by atoms with van der Waals surface area (Å²) >= 11 is 0. The second kappa shape index (κ2) is 6.55. The summed E-state index contributed by atoms with van der Waals surface area (Å²) in [6.07, 6.45) is -1.11. The van der Waals surface area contributed by atoms with Crippen molar-refractivity contribution in [2.75, 3.05) is 5.73 Å². The minimum Gasteiger partial charge on any atom is -0.452 e. The number of imide groups is 1. The number of amides is 3. The SMILES string of the molecule is CC(OC(=O)C(C)c1cccc(N)c1)C(=O)NC(N)=O. The highest BCUT2D eigenvalue weighted by Crippen LogP contribution is 2.19. The maximum atomic E-state index is 11.9. The van der Waals surface area contributed by atoms with Gasteiger partial charge in [-0.15, -0.1) is 0 Å². The molecule has 1 rings (SSSR count). The van der Waals surface area contributed by atoms with Gasteiger partial charge >= 0.3 is 12.0 Å². The van der Waals surface area contributed by atoms with Gasteiger partial charge in [-0.25, -0.2) is 4.79 Å². The van der Waals surface area contributed by atoms with E-state index in [2.05, 4.69) is 0 Å². The van der Waals surface area contributed by atoms with Crippen LogP contribution in [0.1, 0.15) is 25.3 Å². The Balaban J connectivity index is 2.66. The van der Waals surface area contributed by atoms with Crippen molar-refractivity contribution < 1.29 is 19.1 Å². The molecule has 3 amide bonds. The largest absolute Gasteiger partial charge is 0.452 e. The number of nitrogens with two attached hydrogens (primary N) is 2. The molecule has 20 heavy (non-hydrogen) atoms. The van der Waals surface area contributed by atoms with Crippen LogP contribution in [0.5, 0.6) is 0 Å². The van der Waals surface area contributed by atoms with Crippen molar-refractivity contribution in [3.8, 4) is 0 Å². The van der Waals surface area contributed by atoms with Gasteiger partial charge in [0.1, 0.15) is 0 Å². The van der Waals surface area contributed by atoms with Crippen LogP contribution in [-0.2, 0) is 14.3 Å². The number of nitrogens with one attached hydrogen (secondary N) is 1. The number of rotatable bonds is 4. The van der Waals surface area contributed by atoms with Crippen LogP contribution in [0.15, 0.2) is 24.3 Å². The first-order valence-corrected chi connectivity index (χ1v) is 5.97. The van der Waals surface area contributed by atoms with Gasteiger partial charge in [0.15, 0.2) is 6.10 Å². The summed E-state index contributed by atoms with van der Waals surface area (Å²) in [6.45, 7) is 2.98. The first-order chi connectivity index (χ1) is 9.31. The summed E-state index contributed by atoms with van der Waals surface area (Å²) in [5.41, 5.74) is 11.6. The van der Waals surface area contributed by atoms with Crippen LogP contribution in [0.2, 0.25) is 0 Å². The molecule has 0 spiro atoms. The summed E-state index contributed by atoms with van der Waals surface area (Å²) in [5, 5.41) is 1.84. The molecule has 0 radical (unpaired) electrons. The minimum atomic E-state index is -1.11. The van der Waals surface area contributed by atoms with E-state index in [4.69, 9.17) is 16.2 Å². The summed E-state index contributed by atoms with van der Waals surface area (Å²) in [5.74, 6) is -1.95. The highest BCUT2D eigenvalue weighted by atomic mass is 16.5. The van der Waals surface area contributed by atoms with E-state index in [0.29, 0.717) is 11.3 Å². The number of anilines is 1. The standard InChI is InChI=1S/C13H17N3O4/c1-7(9-4-3-5-10(14)6-9)12(18)20-8(2)11(17)16-13(15)19/h3-8H,14H2,1-2H3,(H3,15,16,17,19). The molecule has 0 heterocycles. The van der Waals surface area contributed by atoms with Gasteiger partial charge in [0.2, 0.25) is 0 Å². The van der Waals surface area contributed by atoms with Crippen molar-refractivity contribution >= 4 is 23.6 Å². The van der Waals surface area contributed by atoms with Gasteiger partial charge in [-0.2, -0.15) is 0 Å². The molecule has 1 aromatic carbocycles. The molecule has 0 saturated carbocycles.